The number of carbonyl (C=O) groups excluding carboxylic acids is 1. The number of para-hydroxylation sites is 1. The fourth-order valence-electron chi connectivity index (χ4n) is 2.39. The number of amides is 1. The van der Waals surface area contributed by atoms with Crippen LogP contribution in [0.3, 0.4) is 0 Å². The van der Waals surface area contributed by atoms with Gasteiger partial charge in [-0.05, 0) is 31.5 Å². The number of ether oxygens (including phenoxy) is 1. The Bertz CT molecular complexity index is 420. The molecule has 0 spiro atoms. The molecular weight excluding hydrogens is 228 g/mol. The number of carbonyl (C=O) groups is 1. The van der Waals surface area contributed by atoms with E-state index in [0.717, 1.165) is 37.2 Å². The van der Waals surface area contributed by atoms with Crippen molar-refractivity contribution in [2.75, 3.05) is 27.2 Å². The lowest BCUT2D eigenvalue weighted by Crippen LogP contribution is -2.37. The first-order valence-electron chi connectivity index (χ1n) is 6.34. The third-order valence-electron chi connectivity index (χ3n) is 3.49. The van der Waals surface area contributed by atoms with Crippen LogP contribution >= 0.6 is 0 Å². The molecule has 2 rings (SSSR count). The Hall–Kier alpha value is -1.55. The first-order valence-corrected chi connectivity index (χ1v) is 6.34. The Kier molecular flexibility index (Phi) is 4.20. The zero-order valence-corrected chi connectivity index (χ0v) is 11.0. The summed E-state index contributed by atoms with van der Waals surface area (Å²) in [6.07, 6.45) is 1.74. The van der Waals surface area contributed by atoms with Gasteiger partial charge in [0.1, 0.15) is 5.75 Å². The van der Waals surface area contributed by atoms with E-state index < -0.39 is 0 Å². The van der Waals surface area contributed by atoms with Gasteiger partial charge in [0.25, 0.3) is 0 Å². The number of nitrogens with one attached hydrogen (secondary N) is 1. The van der Waals surface area contributed by atoms with Crippen molar-refractivity contribution in [1.82, 2.24) is 10.2 Å². The number of rotatable bonds is 5. The lowest BCUT2D eigenvalue weighted by molar-refractivity contribution is -0.129. The van der Waals surface area contributed by atoms with Gasteiger partial charge in [-0.3, -0.25) is 4.79 Å². The van der Waals surface area contributed by atoms with Gasteiger partial charge in [0.2, 0.25) is 5.91 Å². The molecule has 1 aromatic rings. The average molecular weight is 248 g/mol. The Labute approximate surface area is 108 Å². The normalized spacial score (nSPS) is 19.3. The van der Waals surface area contributed by atoms with Gasteiger partial charge < -0.3 is 15.0 Å². The van der Waals surface area contributed by atoms with Crippen molar-refractivity contribution in [2.45, 2.75) is 18.9 Å². The van der Waals surface area contributed by atoms with Crippen molar-refractivity contribution in [3.63, 3.8) is 0 Å². The molecule has 1 atom stereocenters. The highest BCUT2D eigenvalue weighted by Gasteiger charge is 2.29. The summed E-state index contributed by atoms with van der Waals surface area (Å²) in [5.41, 5.74) is 1.15. The molecule has 1 aromatic carbocycles. The van der Waals surface area contributed by atoms with E-state index >= 15 is 0 Å². The molecule has 0 aliphatic carbocycles. The molecule has 18 heavy (non-hydrogen) atoms. The molecule has 4 heteroatoms. The van der Waals surface area contributed by atoms with E-state index in [1.165, 1.54) is 0 Å². The van der Waals surface area contributed by atoms with Gasteiger partial charge >= 0.3 is 0 Å². The molecular formula is C14H20N2O2. The second kappa shape index (κ2) is 5.87. The minimum Gasteiger partial charge on any atom is -0.496 e. The summed E-state index contributed by atoms with van der Waals surface area (Å²) in [7, 11) is 3.52. The Morgan fingerprint density at radius 2 is 2.22 bits per heavy atom. The quantitative estimate of drug-likeness (QED) is 0.847. The molecule has 1 unspecified atom stereocenters. The van der Waals surface area contributed by atoms with E-state index in [1.54, 1.807) is 7.11 Å². The van der Waals surface area contributed by atoms with E-state index in [0.29, 0.717) is 0 Å². The van der Waals surface area contributed by atoms with Gasteiger partial charge in [-0.25, -0.2) is 0 Å². The summed E-state index contributed by atoms with van der Waals surface area (Å²) in [4.78, 5) is 13.9. The molecule has 98 valence electrons. The molecule has 1 fully saturated rings. The predicted octanol–water partition coefficient (Wildman–Crippen LogP) is 1.06. The van der Waals surface area contributed by atoms with Gasteiger partial charge in [0.05, 0.1) is 13.2 Å². The van der Waals surface area contributed by atoms with Gasteiger partial charge in [0.15, 0.2) is 0 Å². The number of hydrogen-bond donors (Lipinski definition) is 1. The molecule has 0 saturated carbocycles. The van der Waals surface area contributed by atoms with Crippen LogP contribution in [0.2, 0.25) is 0 Å². The SMILES string of the molecule is CNC1CCN(CCc2ccccc2OC)C1=O. The maximum absolute atomic E-state index is 11.9. The van der Waals surface area contributed by atoms with Crippen molar-refractivity contribution < 1.29 is 9.53 Å². The minimum absolute atomic E-state index is 0.00247. The maximum Gasteiger partial charge on any atom is 0.239 e. The second-order valence-electron chi connectivity index (χ2n) is 4.52. The van der Waals surface area contributed by atoms with E-state index in [4.69, 9.17) is 4.74 Å². The van der Waals surface area contributed by atoms with Crippen molar-refractivity contribution in [3.8, 4) is 5.75 Å². The summed E-state index contributed by atoms with van der Waals surface area (Å²) in [5, 5.41) is 3.05. The van der Waals surface area contributed by atoms with Crippen LogP contribution in [0.4, 0.5) is 0 Å². The molecule has 1 N–H and O–H groups in total. The van der Waals surface area contributed by atoms with Crippen molar-refractivity contribution in [3.05, 3.63) is 29.8 Å². The van der Waals surface area contributed by atoms with Crippen molar-refractivity contribution >= 4 is 5.91 Å². The lowest BCUT2D eigenvalue weighted by Gasteiger charge is -2.17. The number of nitrogens with zero attached hydrogens (tertiary/aromatic N) is 1. The highest BCUT2D eigenvalue weighted by Crippen LogP contribution is 2.19. The Morgan fingerprint density at radius 3 is 2.89 bits per heavy atom. The Balaban J connectivity index is 1.94. The van der Waals surface area contributed by atoms with Crippen molar-refractivity contribution in [2.24, 2.45) is 0 Å². The van der Waals surface area contributed by atoms with Gasteiger partial charge in [-0.1, -0.05) is 18.2 Å². The zero-order valence-electron chi connectivity index (χ0n) is 11.0. The van der Waals surface area contributed by atoms with Gasteiger partial charge in [-0.2, -0.15) is 0 Å². The number of methoxy groups -OCH3 is 1. The van der Waals surface area contributed by atoms with Crippen LogP contribution in [0.5, 0.6) is 5.75 Å². The van der Waals surface area contributed by atoms with Crippen LogP contribution in [-0.2, 0) is 11.2 Å². The zero-order chi connectivity index (χ0) is 13.0. The lowest BCUT2D eigenvalue weighted by atomic mass is 10.1. The summed E-state index contributed by atoms with van der Waals surface area (Å²) in [6, 6.07) is 7.97. The first-order chi connectivity index (χ1) is 8.76. The number of likely N-dealkylation sites (tertiary alicyclic amines) is 1. The van der Waals surface area contributed by atoms with Crippen LogP contribution in [0.25, 0.3) is 0 Å². The Morgan fingerprint density at radius 1 is 1.44 bits per heavy atom. The molecule has 0 radical (unpaired) electrons. The van der Waals surface area contributed by atoms with Crippen molar-refractivity contribution in [1.29, 1.82) is 0 Å². The second-order valence-corrected chi connectivity index (χ2v) is 4.52. The third kappa shape index (κ3) is 2.64. The molecule has 0 aromatic heterocycles. The highest BCUT2D eigenvalue weighted by molar-refractivity contribution is 5.83. The van der Waals surface area contributed by atoms with E-state index in [9.17, 15) is 4.79 Å². The number of hydrogen-bond acceptors (Lipinski definition) is 3. The molecule has 1 aliphatic rings. The molecule has 1 amide bonds. The van der Waals surface area contributed by atoms with Gasteiger partial charge in [0, 0.05) is 13.1 Å². The molecule has 1 heterocycles. The van der Waals surface area contributed by atoms with Crippen LogP contribution in [0.15, 0.2) is 24.3 Å². The standard InChI is InChI=1S/C14H20N2O2/c1-15-12-8-10-16(14(12)17)9-7-11-5-3-4-6-13(11)18-2/h3-6,12,15H,7-10H2,1-2H3. The largest absolute Gasteiger partial charge is 0.496 e. The number of benzene rings is 1. The average Bonchev–Trinajstić information content (AvgIpc) is 2.77. The monoisotopic (exact) mass is 248 g/mol. The third-order valence-corrected chi connectivity index (χ3v) is 3.49. The fourth-order valence-corrected chi connectivity index (χ4v) is 2.39. The fraction of sp³-hybridized carbons (Fsp3) is 0.500. The highest BCUT2D eigenvalue weighted by atomic mass is 16.5. The molecule has 1 saturated heterocycles. The predicted molar refractivity (Wildman–Crippen MR) is 70.7 cm³/mol. The smallest absolute Gasteiger partial charge is 0.239 e. The molecule has 1 aliphatic heterocycles. The van der Waals surface area contributed by atoms with E-state index in [-0.39, 0.29) is 11.9 Å². The summed E-state index contributed by atoms with van der Waals surface area (Å²) in [5.74, 6) is 1.11. The van der Waals surface area contributed by atoms with Gasteiger partial charge in [-0.15, -0.1) is 0 Å². The summed E-state index contributed by atoms with van der Waals surface area (Å²) < 4.78 is 5.31. The van der Waals surface area contributed by atoms with Crippen LogP contribution < -0.4 is 10.1 Å². The first kappa shape index (κ1) is 12.9. The van der Waals surface area contributed by atoms with Crippen LogP contribution in [-0.4, -0.2) is 44.1 Å². The topological polar surface area (TPSA) is 41.6 Å². The van der Waals surface area contributed by atoms with Crippen LogP contribution in [0, 0.1) is 0 Å². The maximum atomic E-state index is 11.9. The van der Waals surface area contributed by atoms with E-state index in [2.05, 4.69) is 11.4 Å². The van der Waals surface area contributed by atoms with E-state index in [1.807, 2.05) is 30.1 Å². The summed E-state index contributed by atoms with van der Waals surface area (Å²) in [6.45, 7) is 1.61. The minimum atomic E-state index is 0.00247. The van der Waals surface area contributed by atoms with Crippen LogP contribution in [0.1, 0.15) is 12.0 Å². The summed E-state index contributed by atoms with van der Waals surface area (Å²) >= 11 is 0. The molecule has 0 bridgehead atoms. The molecule has 4 nitrogen and oxygen atoms in total. The number of likely N-dealkylation sites (N-methyl/N-ethyl adjacent to an activating group) is 1.